The number of aliphatic hydroxyl groups is 2. The first-order chi connectivity index (χ1) is 12.9. The van der Waals surface area contributed by atoms with E-state index in [0.29, 0.717) is 12.2 Å². The molecule has 2 aliphatic rings. The molecule has 0 aromatic heterocycles. The van der Waals surface area contributed by atoms with Crippen LogP contribution in [0.15, 0.2) is 24.0 Å². The number of ether oxygens (including phenoxy) is 1. The summed E-state index contributed by atoms with van der Waals surface area (Å²) in [5, 5.41) is 20.4. The van der Waals surface area contributed by atoms with Crippen LogP contribution in [0.2, 0.25) is 0 Å². The van der Waals surface area contributed by atoms with E-state index in [9.17, 15) is 15.0 Å². The zero-order valence-corrected chi connectivity index (χ0v) is 17.1. The minimum atomic E-state index is -0.579. The van der Waals surface area contributed by atoms with Gasteiger partial charge in [-0.25, -0.2) is 0 Å². The molecule has 5 nitrogen and oxygen atoms in total. The van der Waals surface area contributed by atoms with Crippen LogP contribution in [-0.2, 0) is 9.53 Å². The van der Waals surface area contributed by atoms with E-state index in [1.165, 1.54) is 0 Å². The van der Waals surface area contributed by atoms with Crippen molar-refractivity contribution >= 4 is 5.78 Å². The molecule has 2 N–H and O–H groups in total. The number of ketones is 1. The first kappa shape index (κ1) is 22.1. The van der Waals surface area contributed by atoms with E-state index >= 15 is 0 Å². The molecule has 0 amide bonds. The molecule has 1 aliphatic carbocycles. The van der Waals surface area contributed by atoms with E-state index in [1.54, 1.807) is 6.08 Å². The zero-order chi connectivity index (χ0) is 19.8. The molecule has 0 unspecified atom stereocenters. The van der Waals surface area contributed by atoms with Crippen LogP contribution in [0.3, 0.4) is 0 Å². The number of allylic oxidation sites excluding steroid dienone is 2. The molecule has 0 aromatic rings. The Bertz CT molecular complexity index is 528. The number of hydrogen-bond donors (Lipinski definition) is 2. The Balaban J connectivity index is 1.88. The maximum Gasteiger partial charge on any atom is 0.204 e. The summed E-state index contributed by atoms with van der Waals surface area (Å²) in [7, 11) is 4.12. The molecule has 27 heavy (non-hydrogen) atoms. The number of carbonyl (C=O) groups excluding carboxylic acids is 1. The second-order valence-corrected chi connectivity index (χ2v) is 8.24. The van der Waals surface area contributed by atoms with Crippen molar-refractivity contribution < 1.29 is 19.7 Å². The number of hydrogen-bond acceptors (Lipinski definition) is 5. The quantitative estimate of drug-likeness (QED) is 0.328. The largest absolute Gasteiger partial charge is 0.486 e. The Morgan fingerprint density at radius 3 is 2.74 bits per heavy atom. The predicted molar refractivity (Wildman–Crippen MR) is 107 cm³/mol. The van der Waals surface area contributed by atoms with Gasteiger partial charge in [0.2, 0.25) is 5.78 Å². The first-order valence-corrected chi connectivity index (χ1v) is 10.5. The second kappa shape index (κ2) is 11.0. The molecular formula is C22H37NO4. The number of rotatable bonds is 11. The van der Waals surface area contributed by atoms with Crippen LogP contribution >= 0.6 is 0 Å². The zero-order valence-electron chi connectivity index (χ0n) is 17.1. The lowest BCUT2D eigenvalue weighted by Crippen LogP contribution is -2.24. The highest BCUT2D eigenvalue weighted by molar-refractivity contribution is 5.98. The average Bonchev–Trinajstić information content (AvgIpc) is 3.08. The number of Topliss-reactive ketones (excluding diaryl/α,β-unsaturated/α-hetero) is 1. The number of nitrogens with zero attached hydrogens (tertiary/aromatic N) is 1. The Labute approximate surface area is 164 Å². The van der Waals surface area contributed by atoms with Gasteiger partial charge in [0.1, 0.15) is 6.10 Å². The fourth-order valence-corrected chi connectivity index (χ4v) is 4.04. The molecule has 0 bridgehead atoms. The molecule has 0 spiro atoms. The van der Waals surface area contributed by atoms with Crippen molar-refractivity contribution in [3.63, 3.8) is 0 Å². The van der Waals surface area contributed by atoms with Crippen LogP contribution in [0.5, 0.6) is 0 Å². The van der Waals surface area contributed by atoms with Gasteiger partial charge in [-0.1, -0.05) is 38.3 Å². The highest BCUT2D eigenvalue weighted by Crippen LogP contribution is 2.43. The molecule has 5 heteroatoms. The van der Waals surface area contributed by atoms with Crippen LogP contribution in [0.1, 0.15) is 58.3 Å². The van der Waals surface area contributed by atoms with Gasteiger partial charge in [-0.15, -0.1) is 0 Å². The molecule has 0 radical (unpaired) electrons. The van der Waals surface area contributed by atoms with Gasteiger partial charge in [-0.05, 0) is 52.4 Å². The van der Waals surface area contributed by atoms with E-state index in [2.05, 4.69) is 25.9 Å². The summed E-state index contributed by atoms with van der Waals surface area (Å²) >= 11 is 0. The van der Waals surface area contributed by atoms with E-state index in [-0.39, 0.29) is 23.7 Å². The second-order valence-electron chi connectivity index (χ2n) is 8.24. The van der Waals surface area contributed by atoms with E-state index in [1.807, 2.05) is 12.2 Å². The van der Waals surface area contributed by atoms with Crippen molar-refractivity contribution in [3.05, 3.63) is 24.0 Å². The molecule has 154 valence electrons. The SMILES string of the molecule is CCCCC[C@H](O)/C=C/[C@@H]1[C@H]2C(=O)/C(=C/CCCCN(C)C)O[C@H]2C[C@H]1O. The Kier molecular flexibility index (Phi) is 9.00. The molecule has 1 saturated carbocycles. The van der Waals surface area contributed by atoms with Crippen molar-refractivity contribution in [2.45, 2.75) is 76.6 Å². The van der Waals surface area contributed by atoms with Gasteiger partial charge in [0, 0.05) is 12.3 Å². The predicted octanol–water partition coefficient (Wildman–Crippen LogP) is 3.06. The fourth-order valence-electron chi connectivity index (χ4n) is 4.04. The van der Waals surface area contributed by atoms with Gasteiger partial charge < -0.3 is 19.8 Å². The Morgan fingerprint density at radius 2 is 2.04 bits per heavy atom. The number of aliphatic hydroxyl groups excluding tert-OH is 2. The van der Waals surface area contributed by atoms with Gasteiger partial charge in [0.25, 0.3) is 0 Å². The molecule has 5 atom stereocenters. The molecular weight excluding hydrogens is 342 g/mol. The topological polar surface area (TPSA) is 70.0 Å². The molecule has 2 rings (SSSR count). The Hall–Kier alpha value is -1.17. The van der Waals surface area contributed by atoms with E-state index in [4.69, 9.17) is 4.74 Å². The minimum absolute atomic E-state index is 0.0132. The van der Waals surface area contributed by atoms with Crippen molar-refractivity contribution in [3.8, 4) is 0 Å². The van der Waals surface area contributed by atoms with Crippen molar-refractivity contribution in [2.75, 3.05) is 20.6 Å². The van der Waals surface area contributed by atoms with Gasteiger partial charge in [-0.2, -0.15) is 0 Å². The smallest absolute Gasteiger partial charge is 0.204 e. The maximum absolute atomic E-state index is 12.8. The fraction of sp³-hybridized carbons (Fsp3) is 0.773. The van der Waals surface area contributed by atoms with Gasteiger partial charge in [-0.3, -0.25) is 4.79 Å². The van der Waals surface area contributed by atoms with Crippen LogP contribution < -0.4 is 0 Å². The summed E-state index contributed by atoms with van der Waals surface area (Å²) in [5.41, 5.74) is 0. The Morgan fingerprint density at radius 1 is 1.26 bits per heavy atom. The van der Waals surface area contributed by atoms with Crippen LogP contribution in [0, 0.1) is 11.8 Å². The highest BCUT2D eigenvalue weighted by Gasteiger charge is 2.52. The van der Waals surface area contributed by atoms with E-state index in [0.717, 1.165) is 51.5 Å². The third kappa shape index (κ3) is 6.44. The third-order valence-corrected chi connectivity index (χ3v) is 5.61. The maximum atomic E-state index is 12.8. The minimum Gasteiger partial charge on any atom is -0.486 e. The monoisotopic (exact) mass is 379 g/mol. The van der Waals surface area contributed by atoms with Gasteiger partial charge in [0.15, 0.2) is 5.76 Å². The summed E-state index contributed by atoms with van der Waals surface area (Å²) in [4.78, 5) is 14.9. The summed E-state index contributed by atoms with van der Waals surface area (Å²) in [6.45, 7) is 3.18. The lowest BCUT2D eigenvalue weighted by molar-refractivity contribution is -0.119. The lowest BCUT2D eigenvalue weighted by Gasteiger charge is -2.15. The van der Waals surface area contributed by atoms with Crippen LogP contribution in [0.25, 0.3) is 0 Å². The third-order valence-electron chi connectivity index (χ3n) is 5.61. The highest BCUT2D eigenvalue weighted by atomic mass is 16.5. The lowest BCUT2D eigenvalue weighted by atomic mass is 9.89. The summed E-state index contributed by atoms with van der Waals surface area (Å²) in [6, 6.07) is 0. The summed E-state index contributed by atoms with van der Waals surface area (Å²) < 4.78 is 5.86. The van der Waals surface area contributed by atoms with Crippen LogP contribution in [-0.4, -0.2) is 59.8 Å². The van der Waals surface area contributed by atoms with Gasteiger partial charge >= 0.3 is 0 Å². The van der Waals surface area contributed by atoms with Gasteiger partial charge in [0.05, 0.1) is 18.1 Å². The molecule has 1 aliphatic heterocycles. The summed E-state index contributed by atoms with van der Waals surface area (Å²) in [5.74, 6) is -0.0852. The standard InChI is InChI=1S/C22H37NO4/c1-4-5-7-10-16(24)12-13-17-18(25)15-20-21(17)22(26)19(27-20)11-8-6-9-14-23(2)3/h11-13,16-18,20-21,24-25H,4-10,14-15H2,1-3H3/b13-12+,19-11-/t16-,17-,18+,20-,21+/m0/s1. The molecule has 1 saturated heterocycles. The van der Waals surface area contributed by atoms with Crippen molar-refractivity contribution in [1.82, 2.24) is 4.90 Å². The molecule has 0 aromatic carbocycles. The average molecular weight is 380 g/mol. The molecule has 1 heterocycles. The number of fused-ring (bicyclic) bond motifs is 1. The van der Waals surface area contributed by atoms with Crippen molar-refractivity contribution in [1.29, 1.82) is 0 Å². The first-order valence-electron chi connectivity index (χ1n) is 10.5. The van der Waals surface area contributed by atoms with Crippen molar-refractivity contribution in [2.24, 2.45) is 11.8 Å². The molecule has 2 fully saturated rings. The normalized spacial score (nSPS) is 30.4. The van der Waals surface area contributed by atoms with E-state index < -0.39 is 12.2 Å². The van der Waals surface area contributed by atoms with Crippen LogP contribution in [0.4, 0.5) is 0 Å². The number of unbranched alkanes of at least 4 members (excludes halogenated alkanes) is 4. The summed E-state index contributed by atoms with van der Waals surface area (Å²) in [6.07, 6.45) is 11.6. The number of carbonyl (C=O) groups is 1.